The highest BCUT2D eigenvalue weighted by atomic mass is 127. The Balaban J connectivity index is 2.50. The maximum atomic E-state index is 14.1. The highest BCUT2D eigenvalue weighted by Gasteiger charge is 2.20. The van der Waals surface area contributed by atoms with E-state index in [-0.39, 0.29) is 11.3 Å². The first-order valence-electron chi connectivity index (χ1n) is 5.50. The van der Waals surface area contributed by atoms with Gasteiger partial charge in [-0.05, 0) is 52.4 Å². The van der Waals surface area contributed by atoms with Crippen LogP contribution in [-0.4, -0.2) is 12.2 Å². The van der Waals surface area contributed by atoms with Gasteiger partial charge in [-0.15, -0.1) is 0 Å². The van der Waals surface area contributed by atoms with Crippen molar-refractivity contribution in [2.24, 2.45) is 0 Å². The van der Waals surface area contributed by atoms with Crippen LogP contribution in [-0.2, 0) is 0 Å². The fourth-order valence-electron chi connectivity index (χ4n) is 1.79. The highest BCUT2D eigenvalue weighted by molar-refractivity contribution is 14.1. The Morgan fingerprint density at radius 2 is 2.00 bits per heavy atom. The quantitative estimate of drug-likeness (QED) is 0.727. The van der Waals surface area contributed by atoms with E-state index in [1.807, 2.05) is 12.1 Å². The zero-order valence-electron chi connectivity index (χ0n) is 10.0. The van der Waals surface area contributed by atoms with E-state index in [0.717, 1.165) is 8.04 Å². The minimum Gasteiger partial charge on any atom is -0.494 e. The highest BCUT2D eigenvalue weighted by Crippen LogP contribution is 2.32. The van der Waals surface area contributed by atoms with E-state index in [1.54, 1.807) is 18.2 Å². The van der Waals surface area contributed by atoms with Crippen LogP contribution in [0.25, 0.3) is 0 Å². The molecular weight excluding hydrogens is 426 g/mol. The van der Waals surface area contributed by atoms with Gasteiger partial charge < -0.3 is 9.84 Å². The summed E-state index contributed by atoms with van der Waals surface area (Å²) in [7, 11) is 1.40. The molecule has 0 saturated carbocycles. The smallest absolute Gasteiger partial charge is 0.171 e. The zero-order valence-corrected chi connectivity index (χ0v) is 13.8. The lowest BCUT2D eigenvalue weighted by Crippen LogP contribution is -2.05. The second-order valence-electron chi connectivity index (χ2n) is 3.93. The molecule has 0 aliphatic rings. The fourth-order valence-corrected chi connectivity index (χ4v) is 2.80. The molecule has 2 nitrogen and oxygen atoms in total. The molecule has 1 N–H and O–H groups in total. The molecule has 2 aromatic carbocycles. The van der Waals surface area contributed by atoms with Crippen LogP contribution in [0.1, 0.15) is 17.2 Å². The van der Waals surface area contributed by atoms with Crippen molar-refractivity contribution in [3.8, 4) is 5.75 Å². The molecular formula is C14H11BrFIO2. The van der Waals surface area contributed by atoms with Crippen molar-refractivity contribution in [3.05, 3.63) is 61.4 Å². The predicted octanol–water partition coefficient (Wildman–Crippen LogP) is 4.28. The Labute approximate surface area is 132 Å². The number of aliphatic hydroxyl groups excluding tert-OH is 1. The number of aliphatic hydroxyl groups is 1. The fraction of sp³-hybridized carbons (Fsp3) is 0.143. The third-order valence-corrected chi connectivity index (χ3v) is 4.24. The summed E-state index contributed by atoms with van der Waals surface area (Å²) in [5.41, 5.74) is 0.859. The Kier molecular flexibility index (Phi) is 4.81. The van der Waals surface area contributed by atoms with E-state index < -0.39 is 11.9 Å². The lowest BCUT2D eigenvalue weighted by atomic mass is 10.0. The van der Waals surface area contributed by atoms with Crippen LogP contribution >= 0.6 is 38.5 Å². The topological polar surface area (TPSA) is 29.5 Å². The Morgan fingerprint density at radius 1 is 1.26 bits per heavy atom. The molecule has 19 heavy (non-hydrogen) atoms. The molecule has 0 saturated heterocycles. The average Bonchev–Trinajstić information content (AvgIpc) is 2.41. The van der Waals surface area contributed by atoms with Crippen molar-refractivity contribution in [3.63, 3.8) is 0 Å². The summed E-state index contributed by atoms with van der Waals surface area (Å²) in [4.78, 5) is 0. The number of halogens is 3. The molecule has 100 valence electrons. The van der Waals surface area contributed by atoms with Gasteiger partial charge in [-0.1, -0.05) is 28.1 Å². The molecule has 0 aliphatic carbocycles. The molecule has 2 rings (SSSR count). The van der Waals surface area contributed by atoms with Gasteiger partial charge in [-0.3, -0.25) is 0 Å². The summed E-state index contributed by atoms with van der Waals surface area (Å²) < 4.78 is 20.8. The van der Waals surface area contributed by atoms with Crippen molar-refractivity contribution < 1.29 is 14.2 Å². The molecule has 2 aromatic rings. The second kappa shape index (κ2) is 6.19. The van der Waals surface area contributed by atoms with Crippen LogP contribution in [0, 0.1) is 9.39 Å². The van der Waals surface area contributed by atoms with Crippen molar-refractivity contribution in [2.75, 3.05) is 7.11 Å². The van der Waals surface area contributed by atoms with Crippen LogP contribution in [0.3, 0.4) is 0 Å². The zero-order chi connectivity index (χ0) is 14.0. The first-order chi connectivity index (χ1) is 9.04. The number of hydrogen-bond donors (Lipinski definition) is 1. The standard InChI is InChI=1S/C14H11BrFIO2/c1-19-12-4-2-3-9(13(12)16)14(18)10-7-8(15)5-6-11(10)17/h2-7,14,18H,1H3. The van der Waals surface area contributed by atoms with E-state index in [0.29, 0.717) is 5.56 Å². The molecule has 0 aliphatic heterocycles. The van der Waals surface area contributed by atoms with Crippen LogP contribution in [0.4, 0.5) is 4.39 Å². The summed E-state index contributed by atoms with van der Waals surface area (Å²) in [6, 6.07) is 10.3. The maximum absolute atomic E-state index is 14.1. The number of methoxy groups -OCH3 is 1. The van der Waals surface area contributed by atoms with Crippen LogP contribution < -0.4 is 4.74 Å². The van der Waals surface area contributed by atoms with Gasteiger partial charge in [0.15, 0.2) is 11.6 Å². The van der Waals surface area contributed by atoms with Gasteiger partial charge in [0.1, 0.15) is 6.10 Å². The molecule has 0 amide bonds. The summed E-state index contributed by atoms with van der Waals surface area (Å²) in [6.45, 7) is 0. The van der Waals surface area contributed by atoms with Gasteiger partial charge in [0.05, 0.1) is 7.11 Å². The minimum absolute atomic E-state index is 0.126. The van der Waals surface area contributed by atoms with Crippen LogP contribution in [0.2, 0.25) is 0 Å². The molecule has 0 fully saturated rings. The summed E-state index contributed by atoms with van der Waals surface area (Å²) in [5, 5.41) is 10.4. The van der Waals surface area contributed by atoms with Gasteiger partial charge in [0.2, 0.25) is 0 Å². The van der Waals surface area contributed by atoms with E-state index >= 15 is 0 Å². The van der Waals surface area contributed by atoms with Gasteiger partial charge in [0.25, 0.3) is 0 Å². The van der Waals surface area contributed by atoms with E-state index in [2.05, 4.69) is 38.5 Å². The maximum Gasteiger partial charge on any atom is 0.171 e. The van der Waals surface area contributed by atoms with Gasteiger partial charge in [0, 0.05) is 13.6 Å². The van der Waals surface area contributed by atoms with E-state index in [4.69, 9.17) is 4.74 Å². The Morgan fingerprint density at radius 3 is 2.68 bits per heavy atom. The Bertz CT molecular complexity index is 604. The molecule has 1 unspecified atom stereocenters. The van der Waals surface area contributed by atoms with Crippen molar-refractivity contribution >= 4 is 38.5 Å². The summed E-state index contributed by atoms with van der Waals surface area (Å²) in [6.07, 6.45) is -1.03. The summed E-state index contributed by atoms with van der Waals surface area (Å²) >= 11 is 5.47. The molecule has 1 atom stereocenters. The molecule has 0 heterocycles. The molecule has 0 bridgehead atoms. The van der Waals surface area contributed by atoms with Gasteiger partial charge in [-0.25, -0.2) is 4.39 Å². The third kappa shape index (κ3) is 3.09. The average molecular weight is 437 g/mol. The first-order valence-corrected chi connectivity index (χ1v) is 7.37. The monoisotopic (exact) mass is 436 g/mol. The van der Waals surface area contributed by atoms with Crippen molar-refractivity contribution in [1.82, 2.24) is 0 Å². The van der Waals surface area contributed by atoms with Crippen LogP contribution in [0.15, 0.2) is 40.9 Å². The van der Waals surface area contributed by atoms with Gasteiger partial charge in [-0.2, -0.15) is 0 Å². The number of benzene rings is 2. The predicted molar refractivity (Wildman–Crippen MR) is 83.9 cm³/mol. The number of rotatable bonds is 3. The SMILES string of the molecule is COc1cccc(C(O)c2cc(Br)ccc2I)c1F. The lowest BCUT2D eigenvalue weighted by molar-refractivity contribution is 0.212. The normalized spacial score (nSPS) is 12.3. The molecule has 5 heteroatoms. The molecule has 0 aromatic heterocycles. The number of hydrogen-bond acceptors (Lipinski definition) is 2. The van der Waals surface area contributed by atoms with Gasteiger partial charge >= 0.3 is 0 Å². The largest absolute Gasteiger partial charge is 0.494 e. The first kappa shape index (κ1) is 14.7. The minimum atomic E-state index is -1.03. The van der Waals surface area contributed by atoms with Crippen LogP contribution in [0.5, 0.6) is 5.75 Å². The van der Waals surface area contributed by atoms with E-state index in [9.17, 15) is 9.50 Å². The molecule has 0 spiro atoms. The molecule has 0 radical (unpaired) electrons. The third-order valence-electron chi connectivity index (χ3n) is 2.76. The van der Waals surface area contributed by atoms with E-state index in [1.165, 1.54) is 13.2 Å². The second-order valence-corrected chi connectivity index (χ2v) is 6.01. The van der Waals surface area contributed by atoms with Crippen molar-refractivity contribution in [1.29, 1.82) is 0 Å². The summed E-state index contributed by atoms with van der Waals surface area (Å²) in [5.74, 6) is -0.408. The van der Waals surface area contributed by atoms with Crippen molar-refractivity contribution in [2.45, 2.75) is 6.10 Å². The lowest BCUT2D eigenvalue weighted by Gasteiger charge is -2.16. The number of ether oxygens (including phenoxy) is 1. The Hall–Kier alpha value is -0.660.